The molecule has 0 aliphatic rings. The van der Waals surface area contributed by atoms with Gasteiger partial charge in [-0.3, -0.25) is 4.79 Å². The van der Waals surface area contributed by atoms with E-state index in [1.807, 2.05) is 38.1 Å². The van der Waals surface area contributed by atoms with Gasteiger partial charge in [-0.05, 0) is 37.8 Å². The predicted molar refractivity (Wildman–Crippen MR) is 66.3 cm³/mol. The lowest BCUT2D eigenvalue weighted by atomic mass is 10.1. The molecule has 2 nitrogen and oxygen atoms in total. The first-order valence-corrected chi connectivity index (χ1v) is 6.41. The second-order valence-electron chi connectivity index (χ2n) is 3.76. The molecule has 0 radical (unpaired) electrons. The normalized spacial score (nSPS) is 10.4. The number of thioether (sulfide) groups is 1. The quantitative estimate of drug-likeness (QED) is 0.850. The van der Waals surface area contributed by atoms with Crippen molar-refractivity contribution in [2.75, 3.05) is 6.26 Å². The van der Waals surface area contributed by atoms with E-state index in [0.717, 1.165) is 11.3 Å². The summed E-state index contributed by atoms with van der Waals surface area (Å²) in [5.41, 5.74) is 1.98. The molecule has 1 amide bonds. The fourth-order valence-corrected chi connectivity index (χ4v) is 1.79. The number of hydrogen-bond acceptors (Lipinski definition) is 2. The summed E-state index contributed by atoms with van der Waals surface area (Å²) in [6.45, 7) is 3.92. The molecule has 0 aliphatic carbocycles. The molecule has 15 heavy (non-hydrogen) atoms. The number of carbonyl (C=O) groups is 1. The van der Waals surface area contributed by atoms with Crippen molar-refractivity contribution in [2.45, 2.75) is 25.6 Å². The fourth-order valence-electron chi connectivity index (χ4n) is 1.26. The van der Waals surface area contributed by atoms with Gasteiger partial charge in [-0.15, -0.1) is 0 Å². The molecule has 0 heterocycles. The first kappa shape index (κ1) is 12.1. The zero-order valence-electron chi connectivity index (χ0n) is 9.41. The Balaban J connectivity index is 2.67. The molecule has 3 heteroatoms. The van der Waals surface area contributed by atoms with Crippen LogP contribution in [0.2, 0.25) is 0 Å². The Kier molecular flexibility index (Phi) is 4.69. The average molecular weight is 223 g/mol. The van der Waals surface area contributed by atoms with Crippen LogP contribution in [-0.4, -0.2) is 18.2 Å². The second kappa shape index (κ2) is 5.81. The van der Waals surface area contributed by atoms with Crippen LogP contribution in [0.4, 0.5) is 0 Å². The smallest absolute Gasteiger partial charge is 0.251 e. The third kappa shape index (κ3) is 3.96. The second-order valence-corrected chi connectivity index (χ2v) is 4.62. The third-order valence-electron chi connectivity index (χ3n) is 1.95. The van der Waals surface area contributed by atoms with Gasteiger partial charge in [0.25, 0.3) is 5.91 Å². The summed E-state index contributed by atoms with van der Waals surface area (Å²) in [6, 6.07) is 7.95. The van der Waals surface area contributed by atoms with Crippen LogP contribution in [0.1, 0.15) is 29.8 Å². The monoisotopic (exact) mass is 223 g/mol. The molecule has 0 bridgehead atoms. The molecule has 1 aromatic carbocycles. The van der Waals surface area contributed by atoms with Crippen LogP contribution in [0.5, 0.6) is 0 Å². The third-order valence-corrected chi connectivity index (χ3v) is 2.57. The number of benzene rings is 1. The molecule has 82 valence electrons. The van der Waals surface area contributed by atoms with Crippen molar-refractivity contribution in [1.82, 2.24) is 5.32 Å². The standard InChI is InChI=1S/C12H17NOS/c1-9(2)13-12(14)11-6-4-10(5-7-11)8-15-3/h4-7,9H,8H2,1-3H3,(H,13,14). The van der Waals surface area contributed by atoms with E-state index in [-0.39, 0.29) is 11.9 Å². The van der Waals surface area contributed by atoms with Crippen molar-refractivity contribution in [3.05, 3.63) is 35.4 Å². The predicted octanol–water partition coefficient (Wildman–Crippen LogP) is 2.69. The number of hydrogen-bond donors (Lipinski definition) is 1. The molecular formula is C12H17NOS. The highest BCUT2D eigenvalue weighted by Crippen LogP contribution is 2.10. The largest absolute Gasteiger partial charge is 0.350 e. The van der Waals surface area contributed by atoms with Gasteiger partial charge in [0.15, 0.2) is 0 Å². The van der Waals surface area contributed by atoms with Crippen LogP contribution in [0.3, 0.4) is 0 Å². The maximum absolute atomic E-state index is 11.6. The molecular weight excluding hydrogens is 206 g/mol. The van der Waals surface area contributed by atoms with Crippen LogP contribution in [0.15, 0.2) is 24.3 Å². The molecule has 1 N–H and O–H groups in total. The van der Waals surface area contributed by atoms with Crippen molar-refractivity contribution >= 4 is 17.7 Å². The van der Waals surface area contributed by atoms with Crippen molar-refractivity contribution < 1.29 is 4.79 Å². The molecule has 0 atom stereocenters. The first-order chi connectivity index (χ1) is 7.13. The Bertz CT molecular complexity index is 319. The average Bonchev–Trinajstić information content (AvgIpc) is 2.18. The van der Waals surface area contributed by atoms with Crippen molar-refractivity contribution in [3.63, 3.8) is 0 Å². The van der Waals surface area contributed by atoms with Crippen molar-refractivity contribution in [3.8, 4) is 0 Å². The van der Waals surface area contributed by atoms with Crippen LogP contribution in [-0.2, 0) is 5.75 Å². The lowest BCUT2D eigenvalue weighted by molar-refractivity contribution is 0.0943. The fraction of sp³-hybridized carbons (Fsp3) is 0.417. The molecule has 0 aliphatic heterocycles. The van der Waals surface area contributed by atoms with E-state index < -0.39 is 0 Å². The van der Waals surface area contributed by atoms with Gasteiger partial charge in [0.1, 0.15) is 0 Å². The number of rotatable bonds is 4. The Hall–Kier alpha value is -0.960. The Morgan fingerprint density at radius 3 is 2.40 bits per heavy atom. The van der Waals surface area contributed by atoms with Gasteiger partial charge in [-0.1, -0.05) is 12.1 Å². The van der Waals surface area contributed by atoms with Gasteiger partial charge >= 0.3 is 0 Å². The summed E-state index contributed by atoms with van der Waals surface area (Å²) in [7, 11) is 0. The topological polar surface area (TPSA) is 29.1 Å². The lowest BCUT2D eigenvalue weighted by Gasteiger charge is -2.08. The van der Waals surface area contributed by atoms with E-state index >= 15 is 0 Å². The van der Waals surface area contributed by atoms with Gasteiger partial charge in [0.2, 0.25) is 0 Å². The Morgan fingerprint density at radius 1 is 1.33 bits per heavy atom. The SMILES string of the molecule is CSCc1ccc(C(=O)NC(C)C)cc1. The maximum atomic E-state index is 11.6. The molecule has 1 aromatic rings. The summed E-state index contributed by atoms with van der Waals surface area (Å²) >= 11 is 1.78. The minimum Gasteiger partial charge on any atom is -0.350 e. The zero-order valence-corrected chi connectivity index (χ0v) is 10.2. The van der Waals surface area contributed by atoms with Crippen LogP contribution < -0.4 is 5.32 Å². The van der Waals surface area contributed by atoms with Crippen LogP contribution >= 0.6 is 11.8 Å². The van der Waals surface area contributed by atoms with Gasteiger partial charge in [-0.2, -0.15) is 11.8 Å². The van der Waals surface area contributed by atoms with Gasteiger partial charge in [-0.25, -0.2) is 0 Å². The van der Waals surface area contributed by atoms with E-state index in [9.17, 15) is 4.79 Å². The maximum Gasteiger partial charge on any atom is 0.251 e. The summed E-state index contributed by atoms with van der Waals surface area (Å²) in [4.78, 5) is 11.6. The molecule has 0 saturated carbocycles. The number of amides is 1. The number of carbonyl (C=O) groups excluding carboxylic acids is 1. The summed E-state index contributed by atoms with van der Waals surface area (Å²) in [5, 5.41) is 2.87. The molecule has 0 aromatic heterocycles. The van der Waals surface area contributed by atoms with Crippen molar-refractivity contribution in [2.24, 2.45) is 0 Å². The highest BCUT2D eigenvalue weighted by Gasteiger charge is 2.05. The Morgan fingerprint density at radius 2 is 1.93 bits per heavy atom. The summed E-state index contributed by atoms with van der Waals surface area (Å²) in [6.07, 6.45) is 2.07. The highest BCUT2D eigenvalue weighted by molar-refractivity contribution is 7.97. The van der Waals surface area contributed by atoms with Crippen molar-refractivity contribution in [1.29, 1.82) is 0 Å². The summed E-state index contributed by atoms with van der Waals surface area (Å²) < 4.78 is 0. The highest BCUT2D eigenvalue weighted by atomic mass is 32.2. The van der Waals surface area contributed by atoms with E-state index in [2.05, 4.69) is 11.6 Å². The minimum absolute atomic E-state index is 0.000650. The Labute approximate surface area is 95.5 Å². The molecule has 1 rings (SSSR count). The van der Waals surface area contributed by atoms with Gasteiger partial charge < -0.3 is 5.32 Å². The minimum atomic E-state index is 0.000650. The first-order valence-electron chi connectivity index (χ1n) is 5.02. The molecule has 0 spiro atoms. The summed E-state index contributed by atoms with van der Waals surface area (Å²) in [5.74, 6) is 0.993. The zero-order chi connectivity index (χ0) is 11.3. The van der Waals surface area contributed by atoms with E-state index in [0.29, 0.717) is 0 Å². The van der Waals surface area contributed by atoms with Gasteiger partial charge in [0.05, 0.1) is 0 Å². The number of nitrogens with one attached hydrogen (secondary N) is 1. The van der Waals surface area contributed by atoms with Crippen LogP contribution in [0.25, 0.3) is 0 Å². The molecule has 0 saturated heterocycles. The molecule has 0 fully saturated rings. The van der Waals surface area contributed by atoms with Gasteiger partial charge in [0, 0.05) is 17.4 Å². The van der Waals surface area contributed by atoms with E-state index in [1.165, 1.54) is 5.56 Å². The van der Waals surface area contributed by atoms with Crippen LogP contribution in [0, 0.1) is 0 Å². The van der Waals surface area contributed by atoms with E-state index in [4.69, 9.17) is 0 Å². The van der Waals surface area contributed by atoms with E-state index in [1.54, 1.807) is 11.8 Å². The lowest BCUT2D eigenvalue weighted by Crippen LogP contribution is -2.29. The molecule has 0 unspecified atom stereocenters.